The molecule has 23 heteroatoms. The molecule has 0 spiro atoms. The number of nitrogens with zero attached hydrogens (tertiary/aromatic N) is 5. The number of nitrogens with one attached hydrogen (secondary N) is 2. The first-order chi connectivity index (χ1) is 31.3. The molecule has 0 saturated heterocycles. The Balaban J connectivity index is 1.29. The Labute approximate surface area is 385 Å². The zero-order valence-electron chi connectivity index (χ0n) is 36.4. The van der Waals surface area contributed by atoms with E-state index in [4.69, 9.17) is 16.6 Å². The minimum Gasteiger partial charge on any atom is -0.346 e. The van der Waals surface area contributed by atoms with E-state index in [0.717, 1.165) is 16.8 Å². The lowest BCUT2D eigenvalue weighted by molar-refractivity contribution is -0.123. The zero-order valence-corrected chi connectivity index (χ0v) is 38.8. The predicted molar refractivity (Wildman–Crippen MR) is 233 cm³/mol. The highest BCUT2D eigenvalue weighted by atomic mass is 35.5. The summed E-state index contributed by atoms with van der Waals surface area (Å²) in [7, 11) is -7.62. The average Bonchev–Trinajstić information content (AvgIpc) is 4.17. The van der Waals surface area contributed by atoms with Crippen molar-refractivity contribution in [2.75, 3.05) is 4.72 Å². The number of aromatic nitrogens is 5. The first-order valence-corrected chi connectivity index (χ1v) is 25.0. The highest BCUT2D eigenvalue weighted by molar-refractivity contribution is 7.93. The predicted octanol–water partition coefficient (Wildman–Crippen LogP) is 9.57. The van der Waals surface area contributed by atoms with Crippen LogP contribution in [-0.2, 0) is 56.5 Å². The van der Waals surface area contributed by atoms with Crippen LogP contribution in [0.15, 0.2) is 42.5 Å². The minimum atomic E-state index is -4.03. The van der Waals surface area contributed by atoms with Gasteiger partial charge in [0.2, 0.25) is 15.9 Å². The molecule has 2 fully saturated rings. The van der Waals surface area contributed by atoms with E-state index in [1.807, 2.05) is 0 Å². The molecule has 3 aliphatic rings. The molecule has 3 aliphatic carbocycles. The Bertz CT molecular complexity index is 2970. The van der Waals surface area contributed by atoms with Gasteiger partial charge in [0.25, 0.3) is 18.8 Å². The van der Waals surface area contributed by atoms with E-state index in [9.17, 15) is 48.0 Å². The molecule has 3 atom stereocenters. The maximum absolute atomic E-state index is 15.8. The number of benzene rings is 2. The Morgan fingerprint density at radius 1 is 0.896 bits per heavy atom. The third-order valence-corrected chi connectivity index (χ3v) is 18.2. The summed E-state index contributed by atoms with van der Waals surface area (Å²) in [4.78, 5) is 19.1. The van der Waals surface area contributed by atoms with Gasteiger partial charge in [-0.15, -0.1) is 0 Å². The Kier molecular flexibility index (Phi) is 12.8. The van der Waals surface area contributed by atoms with Crippen LogP contribution in [0.25, 0.3) is 22.0 Å². The van der Waals surface area contributed by atoms with Crippen LogP contribution in [0.5, 0.6) is 0 Å². The van der Waals surface area contributed by atoms with E-state index < -0.39 is 120 Å². The van der Waals surface area contributed by atoms with Crippen molar-refractivity contribution in [2.45, 2.75) is 132 Å². The lowest BCUT2D eigenvalue weighted by Gasteiger charge is -2.26. The first kappa shape index (κ1) is 48.6. The highest BCUT2D eigenvalue weighted by Gasteiger charge is 2.55. The molecule has 12 nitrogen and oxygen atoms in total. The summed E-state index contributed by atoms with van der Waals surface area (Å²) in [6, 6.07) is 6.81. The van der Waals surface area contributed by atoms with Crippen molar-refractivity contribution in [3.8, 4) is 11.1 Å². The molecule has 67 heavy (non-hydrogen) atoms. The summed E-state index contributed by atoms with van der Waals surface area (Å²) in [5.41, 5.74) is -2.04. The fraction of sp³-hybridized carbons (Fsp3) is 0.500. The number of carbonyl (C=O) groups excluding carboxylic acids is 1. The lowest BCUT2D eigenvalue weighted by atomic mass is 9.93. The molecular formula is C44H46ClF8N7O5S2. The molecule has 0 radical (unpaired) electrons. The maximum atomic E-state index is 15.8. The second kappa shape index (κ2) is 17.6. The summed E-state index contributed by atoms with van der Waals surface area (Å²) in [6.07, 6.45) is -4.93. The topological polar surface area (TPSA) is 158 Å². The number of fused-ring (bicyclic) bond motifs is 2. The molecule has 2 N–H and O–H groups in total. The van der Waals surface area contributed by atoms with Crippen molar-refractivity contribution in [3.05, 3.63) is 93.0 Å². The molecule has 0 bridgehead atoms. The minimum absolute atomic E-state index is 0.0230. The van der Waals surface area contributed by atoms with E-state index in [1.165, 1.54) is 38.1 Å². The number of hydrogen-bond acceptors (Lipinski definition) is 8. The van der Waals surface area contributed by atoms with Crippen molar-refractivity contribution in [1.29, 1.82) is 0 Å². The van der Waals surface area contributed by atoms with E-state index in [-0.39, 0.29) is 68.2 Å². The van der Waals surface area contributed by atoms with Crippen molar-refractivity contribution >= 4 is 54.1 Å². The number of carbonyl (C=O) groups is 1. The van der Waals surface area contributed by atoms with Crippen LogP contribution >= 0.6 is 11.6 Å². The monoisotopic (exact) mass is 1000 g/mol. The third-order valence-electron chi connectivity index (χ3n) is 13.0. The number of rotatable bonds is 18. The molecule has 3 aromatic heterocycles. The summed E-state index contributed by atoms with van der Waals surface area (Å²) < 4.78 is 174. The molecule has 2 saturated carbocycles. The first-order valence-electron chi connectivity index (χ1n) is 21.5. The molecule has 8 rings (SSSR count). The van der Waals surface area contributed by atoms with Gasteiger partial charge >= 0.3 is 0 Å². The van der Waals surface area contributed by atoms with Gasteiger partial charge in [-0.2, -0.15) is 19.0 Å². The Morgan fingerprint density at radius 3 is 2.15 bits per heavy atom. The van der Waals surface area contributed by atoms with Gasteiger partial charge in [0.05, 0.1) is 42.9 Å². The molecule has 2 aromatic carbocycles. The SMILES string of the molecule is C[C@@H]1c2c(C(F)F)nn(CC(=O)N[C@@H](Cc3cc(F)cc(F)c3)c3nc(CCC(C)(C)S(=O)(=O)C4CC4)ccc3-c3ccc(Cl)c4c(NS(=O)(=O)C5CC5)nn(CC(F)F)c34)c2C(F)(F)[C@@H]1C. The van der Waals surface area contributed by atoms with Gasteiger partial charge in [-0.3, -0.25) is 23.9 Å². The van der Waals surface area contributed by atoms with E-state index in [2.05, 4.69) is 20.2 Å². The fourth-order valence-electron chi connectivity index (χ4n) is 8.89. The molecule has 362 valence electrons. The Morgan fingerprint density at radius 2 is 1.54 bits per heavy atom. The van der Waals surface area contributed by atoms with Gasteiger partial charge in [-0.05, 0) is 94.5 Å². The number of alkyl halides is 6. The van der Waals surface area contributed by atoms with Crippen molar-refractivity contribution < 1.29 is 56.8 Å². The van der Waals surface area contributed by atoms with Crippen LogP contribution in [0.4, 0.5) is 40.9 Å². The zero-order chi connectivity index (χ0) is 48.7. The summed E-state index contributed by atoms with van der Waals surface area (Å²) in [6.45, 7) is 3.62. The molecule has 3 heterocycles. The second-order valence-electron chi connectivity index (χ2n) is 18.2. The normalized spacial score (nSPS) is 19.1. The highest BCUT2D eigenvalue weighted by Crippen LogP contribution is 2.54. The Hall–Kier alpha value is -4.83. The average molecular weight is 1000 g/mol. The quantitative estimate of drug-likeness (QED) is 0.0822. The van der Waals surface area contributed by atoms with Crippen molar-refractivity contribution in [3.63, 3.8) is 0 Å². The smallest absolute Gasteiger partial charge is 0.292 e. The van der Waals surface area contributed by atoms with Crippen LogP contribution in [-0.4, -0.2) is 69.0 Å². The molecule has 5 aromatic rings. The number of aryl methyl sites for hydroxylation is 1. The standard InChI is InChI=1S/C44H46ClF8N7O5S2/c1-21-22(2)44(52,53)40-35(21)38(41(50)51)56-60(40)20-34(61)55-32(17-23-15-24(46)18-25(47)16-23)37-29(10-5-26(54-37)13-14-43(3,4)66(62,63)27-6-7-27)30-11-12-31(45)36-39(30)59(19-33(48)49)57-42(36)58-67(64,65)28-8-9-28/h5,10-12,15-16,18,21-22,27-28,32-33,41H,6-9,13-14,17,19-20H2,1-4H3,(H,55,61)(H,57,58)/t21-,22+,32-/m0/s1. The fourth-order valence-corrected chi connectivity index (χ4v) is 12.5. The molecular weight excluding hydrogens is 958 g/mol. The summed E-state index contributed by atoms with van der Waals surface area (Å²) in [5.74, 6) is -9.60. The third kappa shape index (κ3) is 9.37. The van der Waals surface area contributed by atoms with Gasteiger partial charge in [-0.1, -0.05) is 37.6 Å². The molecule has 1 amide bonds. The van der Waals surface area contributed by atoms with Crippen LogP contribution in [0, 0.1) is 17.6 Å². The maximum Gasteiger partial charge on any atom is 0.292 e. The van der Waals surface area contributed by atoms with E-state index >= 15 is 8.78 Å². The summed E-state index contributed by atoms with van der Waals surface area (Å²) >= 11 is 6.68. The number of pyridine rings is 1. The van der Waals surface area contributed by atoms with E-state index in [1.54, 1.807) is 13.8 Å². The van der Waals surface area contributed by atoms with Crippen LogP contribution < -0.4 is 10.0 Å². The van der Waals surface area contributed by atoms with Crippen molar-refractivity contribution in [1.82, 2.24) is 29.9 Å². The van der Waals surface area contributed by atoms with Crippen LogP contribution in [0.2, 0.25) is 5.02 Å². The van der Waals surface area contributed by atoms with Crippen molar-refractivity contribution in [2.24, 2.45) is 5.92 Å². The summed E-state index contributed by atoms with van der Waals surface area (Å²) in [5, 5.41) is 9.22. The number of amides is 1. The number of halogens is 9. The largest absolute Gasteiger partial charge is 0.346 e. The number of sulfonamides is 1. The molecule has 0 aliphatic heterocycles. The van der Waals surface area contributed by atoms with Gasteiger partial charge < -0.3 is 5.32 Å². The number of sulfone groups is 1. The van der Waals surface area contributed by atoms with Gasteiger partial charge in [0.1, 0.15) is 36.1 Å². The number of anilines is 1. The van der Waals surface area contributed by atoms with Gasteiger partial charge in [0.15, 0.2) is 15.7 Å². The number of hydrogen-bond donors (Lipinski definition) is 2. The van der Waals surface area contributed by atoms with E-state index in [0.29, 0.717) is 36.4 Å². The molecule has 0 unspecified atom stereocenters. The van der Waals surface area contributed by atoms with Gasteiger partial charge in [-0.25, -0.2) is 43.2 Å². The van der Waals surface area contributed by atoms with Crippen LogP contribution in [0.1, 0.15) is 112 Å². The lowest BCUT2D eigenvalue weighted by Crippen LogP contribution is -2.36. The van der Waals surface area contributed by atoms with Gasteiger partial charge in [0, 0.05) is 34.4 Å². The van der Waals surface area contributed by atoms with Crippen LogP contribution in [0.3, 0.4) is 0 Å². The second-order valence-corrected chi connectivity index (χ2v) is 23.5.